The standard InChI is InChI=1S/C24H26O6/c1-15-9-16(2)21(17(3)10-15)23(27)29-14-24(13-25)12-19(22(26)30-24)11-18-5-7-20(28-4)8-6-18/h5-11,25H,12-14H2,1-4H3/b19-11+. The van der Waals surface area contributed by atoms with E-state index < -0.39 is 24.1 Å². The summed E-state index contributed by atoms with van der Waals surface area (Å²) in [6.07, 6.45) is 1.85. The molecule has 0 bridgehead atoms. The Morgan fingerprint density at radius 3 is 2.37 bits per heavy atom. The highest BCUT2D eigenvalue weighted by Gasteiger charge is 2.44. The molecule has 0 aromatic heterocycles. The highest BCUT2D eigenvalue weighted by atomic mass is 16.6. The molecule has 1 saturated heterocycles. The van der Waals surface area contributed by atoms with Gasteiger partial charge in [0.15, 0.2) is 5.60 Å². The summed E-state index contributed by atoms with van der Waals surface area (Å²) in [7, 11) is 1.58. The summed E-state index contributed by atoms with van der Waals surface area (Å²) >= 11 is 0. The quantitative estimate of drug-likeness (QED) is 0.579. The molecule has 1 unspecified atom stereocenters. The maximum atomic E-state index is 12.7. The molecule has 0 saturated carbocycles. The van der Waals surface area contributed by atoms with E-state index in [0.29, 0.717) is 16.9 Å². The van der Waals surface area contributed by atoms with Crippen molar-refractivity contribution in [1.82, 2.24) is 0 Å². The van der Waals surface area contributed by atoms with E-state index in [2.05, 4.69) is 0 Å². The average molecular weight is 410 g/mol. The van der Waals surface area contributed by atoms with Gasteiger partial charge in [-0.3, -0.25) is 0 Å². The second-order valence-corrected chi connectivity index (χ2v) is 7.70. The summed E-state index contributed by atoms with van der Waals surface area (Å²) in [6.45, 7) is 5.00. The van der Waals surface area contributed by atoms with Gasteiger partial charge in [-0.1, -0.05) is 29.8 Å². The van der Waals surface area contributed by atoms with Crippen LogP contribution in [-0.4, -0.2) is 43.0 Å². The van der Waals surface area contributed by atoms with Crippen LogP contribution in [0.4, 0.5) is 0 Å². The van der Waals surface area contributed by atoms with Gasteiger partial charge >= 0.3 is 11.9 Å². The predicted octanol–water partition coefficient (Wildman–Crippen LogP) is 3.54. The zero-order valence-electron chi connectivity index (χ0n) is 17.7. The Hall–Kier alpha value is -3.12. The number of carbonyl (C=O) groups excluding carboxylic acids is 2. The molecular weight excluding hydrogens is 384 g/mol. The normalized spacial score (nSPS) is 19.6. The molecule has 6 heteroatoms. The van der Waals surface area contributed by atoms with E-state index in [9.17, 15) is 14.7 Å². The fourth-order valence-electron chi connectivity index (χ4n) is 3.71. The van der Waals surface area contributed by atoms with Crippen LogP contribution in [0.25, 0.3) is 6.08 Å². The fraction of sp³-hybridized carbons (Fsp3) is 0.333. The van der Waals surface area contributed by atoms with E-state index in [1.807, 2.05) is 45.0 Å². The molecular formula is C24H26O6. The van der Waals surface area contributed by atoms with Crippen molar-refractivity contribution in [1.29, 1.82) is 0 Å². The van der Waals surface area contributed by atoms with E-state index >= 15 is 0 Å². The van der Waals surface area contributed by atoms with E-state index in [-0.39, 0.29) is 13.0 Å². The number of carbonyl (C=O) groups is 2. The molecule has 6 nitrogen and oxygen atoms in total. The van der Waals surface area contributed by atoms with E-state index in [1.165, 1.54) is 0 Å². The summed E-state index contributed by atoms with van der Waals surface area (Å²) in [5.41, 5.74) is 3.13. The molecule has 1 aliphatic rings. The van der Waals surface area contributed by atoms with E-state index in [4.69, 9.17) is 14.2 Å². The predicted molar refractivity (Wildman–Crippen MR) is 112 cm³/mol. The van der Waals surface area contributed by atoms with Crippen molar-refractivity contribution in [2.24, 2.45) is 0 Å². The van der Waals surface area contributed by atoms with Crippen LogP contribution in [0.15, 0.2) is 42.0 Å². The topological polar surface area (TPSA) is 82.1 Å². The summed E-state index contributed by atoms with van der Waals surface area (Å²) < 4.78 is 16.0. The van der Waals surface area contributed by atoms with Crippen molar-refractivity contribution in [3.8, 4) is 5.75 Å². The van der Waals surface area contributed by atoms with Gasteiger partial charge in [-0.2, -0.15) is 0 Å². The molecule has 2 aromatic carbocycles. The van der Waals surface area contributed by atoms with Crippen molar-refractivity contribution >= 4 is 18.0 Å². The highest BCUT2D eigenvalue weighted by molar-refractivity contribution is 5.96. The number of hydrogen-bond donors (Lipinski definition) is 1. The molecule has 1 aliphatic heterocycles. The van der Waals surface area contributed by atoms with Crippen LogP contribution in [-0.2, 0) is 14.3 Å². The van der Waals surface area contributed by atoms with Crippen LogP contribution in [0.5, 0.6) is 5.75 Å². The zero-order valence-corrected chi connectivity index (χ0v) is 17.7. The number of aliphatic hydroxyl groups is 1. The molecule has 1 N–H and O–H groups in total. The number of benzene rings is 2. The molecule has 158 valence electrons. The lowest BCUT2D eigenvalue weighted by molar-refractivity contribution is -0.154. The molecule has 1 fully saturated rings. The lowest BCUT2D eigenvalue weighted by Crippen LogP contribution is -2.39. The van der Waals surface area contributed by atoms with Gasteiger partial charge in [0.1, 0.15) is 12.4 Å². The maximum Gasteiger partial charge on any atom is 0.338 e. The van der Waals surface area contributed by atoms with Crippen molar-refractivity contribution in [2.45, 2.75) is 32.8 Å². The van der Waals surface area contributed by atoms with E-state index in [1.54, 1.807) is 25.3 Å². The highest BCUT2D eigenvalue weighted by Crippen LogP contribution is 2.33. The summed E-state index contributed by atoms with van der Waals surface area (Å²) in [6, 6.07) is 11.1. The number of methoxy groups -OCH3 is 1. The number of cyclic esters (lactones) is 1. The number of rotatable bonds is 6. The van der Waals surface area contributed by atoms with Gasteiger partial charge in [-0.25, -0.2) is 9.59 Å². The Morgan fingerprint density at radius 1 is 1.17 bits per heavy atom. The van der Waals surface area contributed by atoms with Gasteiger partial charge in [0.05, 0.1) is 19.3 Å². The zero-order chi connectivity index (χ0) is 21.9. The second kappa shape index (κ2) is 8.71. The van der Waals surface area contributed by atoms with Crippen LogP contribution in [0.3, 0.4) is 0 Å². The fourth-order valence-corrected chi connectivity index (χ4v) is 3.71. The number of ether oxygens (including phenoxy) is 3. The largest absolute Gasteiger partial charge is 0.497 e. The lowest BCUT2D eigenvalue weighted by atomic mass is 9.97. The number of esters is 2. The SMILES string of the molecule is COc1ccc(/C=C2\CC(CO)(COC(=O)c3c(C)cc(C)cc3C)OC2=O)cc1. The van der Waals surface area contributed by atoms with Crippen molar-refractivity contribution in [3.05, 3.63) is 69.8 Å². The van der Waals surface area contributed by atoms with Crippen LogP contribution in [0.2, 0.25) is 0 Å². The van der Waals surface area contributed by atoms with Crippen LogP contribution in [0, 0.1) is 20.8 Å². The first-order valence-electron chi connectivity index (χ1n) is 9.71. The van der Waals surface area contributed by atoms with Gasteiger partial charge in [0, 0.05) is 12.0 Å². The minimum Gasteiger partial charge on any atom is -0.497 e. The molecule has 0 spiro atoms. The Kier molecular flexibility index (Phi) is 6.27. The first kappa shape index (κ1) is 21.6. The third-order valence-electron chi connectivity index (χ3n) is 5.18. The van der Waals surface area contributed by atoms with Gasteiger partial charge in [-0.15, -0.1) is 0 Å². The third-order valence-corrected chi connectivity index (χ3v) is 5.18. The number of aryl methyl sites for hydroxylation is 3. The molecule has 3 rings (SSSR count). The third kappa shape index (κ3) is 4.54. The average Bonchev–Trinajstić information content (AvgIpc) is 3.02. The molecule has 0 amide bonds. The molecule has 1 atom stereocenters. The van der Waals surface area contributed by atoms with E-state index in [0.717, 1.165) is 22.3 Å². The Bertz CT molecular complexity index is 966. The summed E-state index contributed by atoms with van der Waals surface area (Å²) in [5.74, 6) is -0.315. The number of aliphatic hydroxyl groups excluding tert-OH is 1. The molecule has 1 heterocycles. The van der Waals surface area contributed by atoms with Crippen molar-refractivity contribution in [3.63, 3.8) is 0 Å². The maximum absolute atomic E-state index is 12.7. The van der Waals surface area contributed by atoms with Crippen LogP contribution < -0.4 is 4.74 Å². The summed E-state index contributed by atoms with van der Waals surface area (Å²) in [5, 5.41) is 9.90. The van der Waals surface area contributed by atoms with Crippen LogP contribution >= 0.6 is 0 Å². The van der Waals surface area contributed by atoms with Crippen molar-refractivity contribution in [2.75, 3.05) is 20.3 Å². The lowest BCUT2D eigenvalue weighted by Gasteiger charge is -2.24. The van der Waals surface area contributed by atoms with Crippen LogP contribution in [0.1, 0.15) is 39.0 Å². The molecule has 0 aliphatic carbocycles. The minimum absolute atomic E-state index is 0.146. The Balaban J connectivity index is 1.74. The van der Waals surface area contributed by atoms with Gasteiger partial charge in [-0.05, 0) is 55.7 Å². The van der Waals surface area contributed by atoms with Gasteiger partial charge in [0.25, 0.3) is 0 Å². The first-order chi connectivity index (χ1) is 14.3. The van der Waals surface area contributed by atoms with Gasteiger partial charge in [0.2, 0.25) is 0 Å². The first-order valence-corrected chi connectivity index (χ1v) is 9.71. The molecule has 30 heavy (non-hydrogen) atoms. The monoisotopic (exact) mass is 410 g/mol. The number of hydrogen-bond acceptors (Lipinski definition) is 6. The minimum atomic E-state index is -1.28. The smallest absolute Gasteiger partial charge is 0.338 e. The summed E-state index contributed by atoms with van der Waals surface area (Å²) in [4.78, 5) is 25.0. The Labute approximate surface area is 176 Å². The second-order valence-electron chi connectivity index (χ2n) is 7.70. The van der Waals surface area contributed by atoms with Crippen molar-refractivity contribution < 1.29 is 28.9 Å². The Morgan fingerprint density at radius 2 is 1.80 bits per heavy atom. The van der Waals surface area contributed by atoms with Gasteiger partial charge < -0.3 is 19.3 Å². The molecule has 0 radical (unpaired) electrons. The molecule has 2 aromatic rings.